The molecule has 0 spiro atoms. The van der Waals surface area contributed by atoms with Crippen LogP contribution < -0.4 is 21.7 Å². The van der Waals surface area contributed by atoms with Crippen LogP contribution in [-0.2, 0) is 25.6 Å². The Morgan fingerprint density at radius 1 is 0.968 bits per heavy atom. The van der Waals surface area contributed by atoms with Crippen molar-refractivity contribution < 1.29 is 29.4 Å². The molecule has 10 nitrogen and oxygen atoms in total. The summed E-state index contributed by atoms with van der Waals surface area (Å²) in [4.78, 5) is 48.7. The highest BCUT2D eigenvalue weighted by molar-refractivity contribution is 7.80. The SMILES string of the molecule is CC(C)C(NC(=O)C(CO)NC(=O)C(N)CS)C(=O)NC(Cc1ccccc1)C(=O)O. The van der Waals surface area contributed by atoms with Crippen molar-refractivity contribution in [2.75, 3.05) is 12.4 Å². The minimum Gasteiger partial charge on any atom is -0.480 e. The van der Waals surface area contributed by atoms with E-state index in [1.807, 2.05) is 0 Å². The number of nitrogens with two attached hydrogens (primary N) is 1. The molecule has 1 aromatic carbocycles. The van der Waals surface area contributed by atoms with Gasteiger partial charge in [-0.25, -0.2) is 4.79 Å². The summed E-state index contributed by atoms with van der Waals surface area (Å²) >= 11 is 3.90. The van der Waals surface area contributed by atoms with Crippen LogP contribution in [0.2, 0.25) is 0 Å². The zero-order valence-electron chi connectivity index (χ0n) is 17.4. The number of carbonyl (C=O) groups excluding carboxylic acids is 3. The lowest BCUT2D eigenvalue weighted by molar-refractivity contribution is -0.142. The third-order valence-corrected chi connectivity index (χ3v) is 4.89. The molecule has 1 aromatic rings. The van der Waals surface area contributed by atoms with Crippen molar-refractivity contribution in [1.82, 2.24) is 16.0 Å². The van der Waals surface area contributed by atoms with Gasteiger partial charge in [0, 0.05) is 12.2 Å². The van der Waals surface area contributed by atoms with E-state index in [1.54, 1.807) is 44.2 Å². The van der Waals surface area contributed by atoms with Gasteiger partial charge in [-0.3, -0.25) is 14.4 Å². The Kier molecular flexibility index (Phi) is 11.0. The van der Waals surface area contributed by atoms with Crippen LogP contribution in [-0.4, -0.2) is 70.4 Å². The Hall–Kier alpha value is -2.63. The van der Waals surface area contributed by atoms with Crippen molar-refractivity contribution in [2.45, 2.75) is 44.4 Å². The monoisotopic (exact) mass is 454 g/mol. The topological polar surface area (TPSA) is 171 Å². The third kappa shape index (κ3) is 8.56. The number of benzene rings is 1. The van der Waals surface area contributed by atoms with Gasteiger partial charge in [0.25, 0.3) is 0 Å². The van der Waals surface area contributed by atoms with E-state index in [1.165, 1.54) is 0 Å². The number of hydrogen-bond acceptors (Lipinski definition) is 7. The van der Waals surface area contributed by atoms with Gasteiger partial charge in [-0.15, -0.1) is 0 Å². The van der Waals surface area contributed by atoms with Crippen LogP contribution in [0, 0.1) is 5.92 Å². The van der Waals surface area contributed by atoms with Crippen LogP contribution in [0.15, 0.2) is 30.3 Å². The van der Waals surface area contributed by atoms with Gasteiger partial charge in [0.2, 0.25) is 17.7 Å². The number of carboxylic acids is 1. The van der Waals surface area contributed by atoms with Gasteiger partial charge in [0.15, 0.2) is 0 Å². The Labute approximate surface area is 186 Å². The maximum Gasteiger partial charge on any atom is 0.326 e. The number of carboxylic acid groups (broad SMARTS) is 1. The van der Waals surface area contributed by atoms with Crippen LogP contribution >= 0.6 is 12.6 Å². The highest BCUT2D eigenvalue weighted by atomic mass is 32.1. The Bertz CT molecular complexity index is 761. The van der Waals surface area contributed by atoms with Gasteiger partial charge >= 0.3 is 5.97 Å². The standard InChI is InChI=1S/C20H30N4O6S/c1-11(2)16(24-18(27)15(9-25)23-17(26)13(21)10-31)19(28)22-14(20(29)30)8-12-6-4-3-5-7-12/h3-7,11,13-16,25,31H,8-10,21H2,1-2H3,(H,22,28)(H,23,26)(H,24,27)(H,29,30). The second-order valence-corrected chi connectivity index (χ2v) is 7.72. The molecule has 0 radical (unpaired) electrons. The first-order valence-electron chi connectivity index (χ1n) is 9.75. The summed E-state index contributed by atoms with van der Waals surface area (Å²) in [5.74, 6) is -3.74. The molecule has 0 aliphatic carbocycles. The average molecular weight is 455 g/mol. The van der Waals surface area contributed by atoms with E-state index >= 15 is 0 Å². The lowest BCUT2D eigenvalue weighted by atomic mass is 10.0. The molecule has 0 saturated carbocycles. The lowest BCUT2D eigenvalue weighted by Crippen LogP contribution is -2.59. The Morgan fingerprint density at radius 3 is 2.03 bits per heavy atom. The van der Waals surface area contributed by atoms with Crippen molar-refractivity contribution in [3.8, 4) is 0 Å². The fraction of sp³-hybridized carbons (Fsp3) is 0.500. The molecule has 0 aromatic heterocycles. The first kappa shape index (κ1) is 26.4. The summed E-state index contributed by atoms with van der Waals surface area (Å²) in [6.07, 6.45) is 0.0671. The summed E-state index contributed by atoms with van der Waals surface area (Å²) in [7, 11) is 0. The van der Waals surface area contributed by atoms with Crippen molar-refractivity contribution in [1.29, 1.82) is 0 Å². The number of amides is 3. The molecule has 7 N–H and O–H groups in total. The molecule has 11 heteroatoms. The predicted octanol–water partition coefficient (Wildman–Crippen LogP) is -1.33. The summed E-state index contributed by atoms with van der Waals surface area (Å²) in [5.41, 5.74) is 6.27. The molecule has 0 aliphatic rings. The highest BCUT2D eigenvalue weighted by Crippen LogP contribution is 2.07. The normalized spacial score (nSPS) is 14.8. The molecule has 3 amide bonds. The van der Waals surface area contributed by atoms with Crippen LogP contribution in [0.3, 0.4) is 0 Å². The number of thiol groups is 1. The van der Waals surface area contributed by atoms with Gasteiger partial charge in [0.05, 0.1) is 12.6 Å². The molecule has 0 fully saturated rings. The molecule has 0 bridgehead atoms. The van der Waals surface area contributed by atoms with Crippen molar-refractivity contribution in [2.24, 2.45) is 11.7 Å². The van der Waals surface area contributed by atoms with Crippen LogP contribution in [0.5, 0.6) is 0 Å². The van der Waals surface area contributed by atoms with Gasteiger partial charge < -0.3 is 31.9 Å². The number of aliphatic carboxylic acids is 1. The number of hydrogen-bond donors (Lipinski definition) is 7. The van der Waals surface area contributed by atoms with Crippen LogP contribution in [0.25, 0.3) is 0 Å². The number of carbonyl (C=O) groups is 4. The lowest BCUT2D eigenvalue weighted by Gasteiger charge is -2.26. The molecule has 0 aliphatic heterocycles. The van der Waals surface area contributed by atoms with Crippen molar-refractivity contribution >= 4 is 36.3 Å². The summed E-state index contributed by atoms with van der Waals surface area (Å²) < 4.78 is 0. The zero-order chi connectivity index (χ0) is 23.6. The van der Waals surface area contributed by atoms with E-state index in [0.717, 1.165) is 5.56 Å². The average Bonchev–Trinajstić information content (AvgIpc) is 2.74. The molecule has 4 unspecified atom stereocenters. The maximum absolute atomic E-state index is 12.7. The largest absolute Gasteiger partial charge is 0.480 e. The summed E-state index contributed by atoms with van der Waals surface area (Å²) in [5, 5.41) is 26.1. The fourth-order valence-corrected chi connectivity index (χ4v) is 2.82. The zero-order valence-corrected chi connectivity index (χ0v) is 18.3. The highest BCUT2D eigenvalue weighted by Gasteiger charge is 2.31. The van der Waals surface area contributed by atoms with Crippen molar-refractivity contribution in [3.05, 3.63) is 35.9 Å². The minimum absolute atomic E-state index is 0.0423. The first-order valence-corrected chi connectivity index (χ1v) is 10.4. The predicted molar refractivity (Wildman–Crippen MR) is 117 cm³/mol. The summed E-state index contributed by atoms with van der Waals surface area (Å²) in [6.45, 7) is 2.62. The van der Waals surface area contributed by atoms with Crippen molar-refractivity contribution in [3.63, 3.8) is 0 Å². The molecule has 0 heterocycles. The quantitative estimate of drug-likeness (QED) is 0.192. The van der Waals surface area contributed by atoms with E-state index in [9.17, 15) is 29.4 Å². The molecule has 1 rings (SSSR count). The van der Waals surface area contributed by atoms with E-state index in [4.69, 9.17) is 5.73 Å². The number of aliphatic hydroxyl groups excluding tert-OH is 1. The first-order chi connectivity index (χ1) is 14.6. The number of rotatable bonds is 12. The van der Waals surface area contributed by atoms with Gasteiger partial charge in [-0.1, -0.05) is 44.2 Å². The molecule has 0 saturated heterocycles. The molecule has 172 valence electrons. The Morgan fingerprint density at radius 2 is 1.55 bits per heavy atom. The number of nitrogens with one attached hydrogen (secondary N) is 3. The second kappa shape index (κ2) is 12.9. The van der Waals surface area contributed by atoms with E-state index < -0.39 is 60.4 Å². The van der Waals surface area contributed by atoms with E-state index in [0.29, 0.717) is 0 Å². The van der Waals surface area contributed by atoms with E-state index in [-0.39, 0.29) is 12.2 Å². The smallest absolute Gasteiger partial charge is 0.326 e. The second-order valence-electron chi connectivity index (χ2n) is 7.35. The maximum atomic E-state index is 12.7. The van der Waals surface area contributed by atoms with E-state index in [2.05, 4.69) is 28.6 Å². The molecule has 4 atom stereocenters. The van der Waals surface area contributed by atoms with Gasteiger partial charge in [-0.05, 0) is 11.5 Å². The third-order valence-electron chi connectivity index (χ3n) is 4.49. The van der Waals surface area contributed by atoms with Gasteiger partial charge in [0.1, 0.15) is 18.1 Å². The fourth-order valence-electron chi connectivity index (χ4n) is 2.66. The summed E-state index contributed by atoms with van der Waals surface area (Å²) in [6, 6.07) is 4.22. The van der Waals surface area contributed by atoms with Crippen LogP contribution in [0.4, 0.5) is 0 Å². The molecule has 31 heavy (non-hydrogen) atoms. The molecular formula is C20H30N4O6S. The minimum atomic E-state index is -1.33. The van der Waals surface area contributed by atoms with Gasteiger partial charge in [-0.2, -0.15) is 12.6 Å². The van der Waals surface area contributed by atoms with Crippen LogP contribution in [0.1, 0.15) is 19.4 Å². The Balaban J connectivity index is 2.86. The number of aliphatic hydroxyl groups is 1. The molecular weight excluding hydrogens is 424 g/mol.